The summed E-state index contributed by atoms with van der Waals surface area (Å²) in [6.07, 6.45) is 3.01. The zero-order valence-corrected chi connectivity index (χ0v) is 15.2. The molecule has 1 aromatic heterocycles. The molecule has 1 heterocycles. The van der Waals surface area contributed by atoms with Gasteiger partial charge in [0.1, 0.15) is 12.7 Å². The van der Waals surface area contributed by atoms with Crippen LogP contribution in [-0.2, 0) is 0 Å². The number of para-hydroxylation sites is 1. The number of amides is 1. The Kier molecular flexibility index (Phi) is 5.83. The molecule has 0 aliphatic rings. The molecule has 3 rings (SSSR count). The summed E-state index contributed by atoms with van der Waals surface area (Å²) in [7, 11) is 1.31. The molecule has 0 bridgehead atoms. The smallest absolute Gasteiger partial charge is 0.387 e. The lowest BCUT2D eigenvalue weighted by atomic mass is 10.1. The third-order valence-corrected chi connectivity index (χ3v) is 4.07. The molecular weight excluding hydrogens is 370 g/mol. The molecule has 1 atom stereocenters. The molecule has 9 heteroatoms. The van der Waals surface area contributed by atoms with Crippen LogP contribution in [0.1, 0.15) is 28.9 Å². The molecule has 1 amide bonds. The minimum Gasteiger partial charge on any atom is -0.493 e. The van der Waals surface area contributed by atoms with Gasteiger partial charge in [0, 0.05) is 0 Å². The Morgan fingerprint density at radius 1 is 1.18 bits per heavy atom. The van der Waals surface area contributed by atoms with Crippen molar-refractivity contribution < 1.29 is 23.0 Å². The van der Waals surface area contributed by atoms with Crippen LogP contribution in [-0.4, -0.2) is 34.4 Å². The molecule has 0 radical (unpaired) electrons. The van der Waals surface area contributed by atoms with Gasteiger partial charge in [-0.15, -0.1) is 0 Å². The van der Waals surface area contributed by atoms with Gasteiger partial charge < -0.3 is 14.8 Å². The van der Waals surface area contributed by atoms with Crippen molar-refractivity contribution in [3.63, 3.8) is 0 Å². The lowest BCUT2D eigenvalue weighted by Crippen LogP contribution is -2.27. The van der Waals surface area contributed by atoms with E-state index in [9.17, 15) is 13.6 Å². The van der Waals surface area contributed by atoms with Crippen molar-refractivity contribution in [2.75, 3.05) is 7.11 Å². The van der Waals surface area contributed by atoms with E-state index in [1.165, 1.54) is 31.6 Å². The highest BCUT2D eigenvalue weighted by atomic mass is 19.3. The van der Waals surface area contributed by atoms with E-state index in [1.54, 1.807) is 17.9 Å². The number of hydrogen-bond acceptors (Lipinski definition) is 5. The van der Waals surface area contributed by atoms with Crippen LogP contribution in [0.25, 0.3) is 5.69 Å². The summed E-state index contributed by atoms with van der Waals surface area (Å²) in [4.78, 5) is 16.5. The van der Waals surface area contributed by atoms with Crippen molar-refractivity contribution in [3.8, 4) is 17.2 Å². The highest BCUT2D eigenvalue weighted by molar-refractivity contribution is 5.98. The number of nitrogens with one attached hydrogen (secondary N) is 1. The molecular formula is C19H18F2N4O3. The average Bonchev–Trinajstić information content (AvgIpc) is 3.22. The molecule has 0 saturated carbocycles. The molecule has 28 heavy (non-hydrogen) atoms. The number of ether oxygens (including phenoxy) is 2. The second-order valence-electron chi connectivity index (χ2n) is 5.84. The van der Waals surface area contributed by atoms with E-state index >= 15 is 0 Å². The van der Waals surface area contributed by atoms with Crippen LogP contribution < -0.4 is 14.8 Å². The first-order valence-electron chi connectivity index (χ1n) is 8.37. The summed E-state index contributed by atoms with van der Waals surface area (Å²) in [6, 6.07) is 11.4. The van der Waals surface area contributed by atoms with Gasteiger partial charge in [0.05, 0.1) is 24.4 Å². The van der Waals surface area contributed by atoms with Crippen LogP contribution in [0.4, 0.5) is 8.78 Å². The van der Waals surface area contributed by atoms with Crippen molar-refractivity contribution in [3.05, 3.63) is 66.2 Å². The monoisotopic (exact) mass is 388 g/mol. The van der Waals surface area contributed by atoms with Gasteiger partial charge in [-0.2, -0.15) is 13.9 Å². The highest BCUT2D eigenvalue weighted by Gasteiger charge is 2.21. The summed E-state index contributed by atoms with van der Waals surface area (Å²) < 4.78 is 36.6. The van der Waals surface area contributed by atoms with Gasteiger partial charge >= 0.3 is 6.61 Å². The molecule has 1 unspecified atom stereocenters. The summed E-state index contributed by atoms with van der Waals surface area (Å²) in [5.74, 6) is -0.800. The van der Waals surface area contributed by atoms with Crippen LogP contribution in [0.3, 0.4) is 0 Å². The summed E-state index contributed by atoms with van der Waals surface area (Å²) in [6.45, 7) is -1.29. The van der Waals surface area contributed by atoms with Crippen molar-refractivity contribution in [1.82, 2.24) is 20.1 Å². The molecule has 0 fully saturated rings. The molecule has 7 nitrogen and oxygen atoms in total. The Balaban J connectivity index is 1.77. The number of carbonyl (C=O) groups excluding carboxylic acids is 1. The maximum Gasteiger partial charge on any atom is 0.387 e. The van der Waals surface area contributed by atoms with Gasteiger partial charge in [-0.3, -0.25) is 4.79 Å². The third kappa shape index (κ3) is 4.25. The topological polar surface area (TPSA) is 78.3 Å². The van der Waals surface area contributed by atoms with E-state index in [-0.39, 0.29) is 23.1 Å². The number of nitrogens with zero attached hydrogens (tertiary/aromatic N) is 3. The number of halogens is 2. The number of hydrogen-bond donors (Lipinski definition) is 1. The number of rotatable bonds is 7. The van der Waals surface area contributed by atoms with Crippen LogP contribution in [0.2, 0.25) is 0 Å². The van der Waals surface area contributed by atoms with Gasteiger partial charge in [0.25, 0.3) is 5.91 Å². The van der Waals surface area contributed by atoms with E-state index in [2.05, 4.69) is 20.1 Å². The summed E-state index contributed by atoms with van der Waals surface area (Å²) in [5.41, 5.74) is 1.61. The number of benzene rings is 2. The average molecular weight is 388 g/mol. The predicted octanol–water partition coefficient (Wildman–Crippen LogP) is 3.37. The van der Waals surface area contributed by atoms with Gasteiger partial charge in [0.15, 0.2) is 11.5 Å². The fraction of sp³-hybridized carbons (Fsp3) is 0.211. The minimum atomic E-state index is -3.08. The first-order chi connectivity index (χ1) is 13.5. The van der Waals surface area contributed by atoms with E-state index in [0.29, 0.717) is 0 Å². The quantitative estimate of drug-likeness (QED) is 0.671. The molecule has 0 spiro atoms. The van der Waals surface area contributed by atoms with Gasteiger partial charge in [-0.1, -0.05) is 18.2 Å². The Morgan fingerprint density at radius 2 is 1.93 bits per heavy atom. The van der Waals surface area contributed by atoms with E-state index < -0.39 is 12.5 Å². The van der Waals surface area contributed by atoms with Gasteiger partial charge in [-0.05, 0) is 36.8 Å². The number of aromatic nitrogens is 3. The Morgan fingerprint density at radius 3 is 2.54 bits per heavy atom. The van der Waals surface area contributed by atoms with E-state index in [0.717, 1.165) is 11.3 Å². The lowest BCUT2D eigenvalue weighted by Gasteiger charge is -2.18. The fourth-order valence-corrected chi connectivity index (χ4v) is 2.68. The third-order valence-electron chi connectivity index (χ3n) is 4.07. The normalized spacial score (nSPS) is 11.9. The first kappa shape index (κ1) is 19.3. The zero-order chi connectivity index (χ0) is 20.1. The van der Waals surface area contributed by atoms with Gasteiger partial charge in [-0.25, -0.2) is 9.67 Å². The Labute approximate surface area is 159 Å². The van der Waals surface area contributed by atoms with Crippen molar-refractivity contribution in [2.45, 2.75) is 19.6 Å². The highest BCUT2D eigenvalue weighted by Crippen LogP contribution is 2.32. The largest absolute Gasteiger partial charge is 0.493 e. The summed E-state index contributed by atoms with van der Waals surface area (Å²) >= 11 is 0. The maximum absolute atomic E-state index is 12.7. The second-order valence-corrected chi connectivity index (χ2v) is 5.84. The molecule has 0 aliphatic carbocycles. The van der Waals surface area contributed by atoms with Crippen LogP contribution >= 0.6 is 0 Å². The van der Waals surface area contributed by atoms with Crippen LogP contribution in [0.15, 0.2) is 55.1 Å². The SMILES string of the molecule is COc1cccc(C(=O)NC(C)c2ccc(-n3cncn3)cc2)c1OC(F)F. The fourth-order valence-electron chi connectivity index (χ4n) is 2.68. The summed E-state index contributed by atoms with van der Waals surface area (Å²) in [5, 5.41) is 6.82. The molecule has 0 aliphatic heterocycles. The minimum absolute atomic E-state index is 0.0364. The maximum atomic E-state index is 12.7. The first-order valence-corrected chi connectivity index (χ1v) is 8.37. The molecule has 1 N–H and O–H groups in total. The second kappa shape index (κ2) is 8.47. The van der Waals surface area contributed by atoms with E-state index in [1.807, 2.05) is 24.3 Å². The number of methoxy groups -OCH3 is 1. The number of carbonyl (C=O) groups is 1. The van der Waals surface area contributed by atoms with Gasteiger partial charge in [0.2, 0.25) is 0 Å². The van der Waals surface area contributed by atoms with Crippen molar-refractivity contribution >= 4 is 5.91 Å². The molecule has 146 valence electrons. The van der Waals surface area contributed by atoms with E-state index in [4.69, 9.17) is 4.74 Å². The Hall–Kier alpha value is -3.49. The molecule has 0 saturated heterocycles. The lowest BCUT2D eigenvalue weighted by molar-refractivity contribution is -0.0515. The standard InChI is InChI=1S/C19H18F2N4O3/c1-12(13-6-8-14(9-7-13)25-11-22-10-23-25)24-18(26)15-4-3-5-16(27-2)17(15)28-19(20)21/h3-12,19H,1-2H3,(H,24,26). The van der Waals surface area contributed by atoms with Crippen LogP contribution in [0, 0.1) is 0 Å². The number of alkyl halides is 2. The predicted molar refractivity (Wildman–Crippen MR) is 96.9 cm³/mol. The van der Waals surface area contributed by atoms with Crippen LogP contribution in [0.5, 0.6) is 11.5 Å². The van der Waals surface area contributed by atoms with Crippen molar-refractivity contribution in [1.29, 1.82) is 0 Å². The molecule has 2 aromatic carbocycles. The molecule has 3 aromatic rings. The zero-order valence-electron chi connectivity index (χ0n) is 15.2. The Bertz CT molecular complexity index is 931. The van der Waals surface area contributed by atoms with Crippen molar-refractivity contribution in [2.24, 2.45) is 0 Å².